The molecule has 1 aromatic carbocycles. The number of rotatable bonds is 7. The van der Waals surface area contributed by atoms with Gasteiger partial charge in [0.15, 0.2) is 0 Å². The summed E-state index contributed by atoms with van der Waals surface area (Å²) in [4.78, 5) is 0. The van der Waals surface area contributed by atoms with Crippen molar-refractivity contribution in [2.45, 2.75) is 26.2 Å². The third-order valence-electron chi connectivity index (χ3n) is 2.44. The van der Waals surface area contributed by atoms with E-state index < -0.39 is 9.05 Å². The lowest BCUT2D eigenvalue weighted by atomic mass is 10.2. The average molecular weight is 295 g/mol. The molecule has 0 saturated heterocycles. The quantitative estimate of drug-likeness (QED) is 0.573. The van der Waals surface area contributed by atoms with Gasteiger partial charge >= 0.3 is 0 Å². The minimum Gasteiger partial charge on any atom is -0.493 e. The molecule has 0 amide bonds. The van der Waals surface area contributed by atoms with E-state index in [2.05, 4.69) is 0 Å². The lowest BCUT2D eigenvalue weighted by Crippen LogP contribution is -2.01. The van der Waals surface area contributed by atoms with Crippen LogP contribution in [0.2, 0.25) is 0 Å². The maximum absolute atomic E-state index is 12.9. The Labute approximate surface area is 111 Å². The van der Waals surface area contributed by atoms with E-state index in [1.165, 1.54) is 12.1 Å². The van der Waals surface area contributed by atoms with Crippen LogP contribution in [0.4, 0.5) is 4.39 Å². The molecule has 0 bridgehead atoms. The highest BCUT2D eigenvalue weighted by molar-refractivity contribution is 8.13. The Morgan fingerprint density at radius 3 is 2.67 bits per heavy atom. The lowest BCUT2D eigenvalue weighted by molar-refractivity contribution is 0.303. The lowest BCUT2D eigenvalue weighted by Gasteiger charge is -2.08. The second-order valence-electron chi connectivity index (χ2n) is 4.06. The molecule has 6 heteroatoms. The zero-order valence-corrected chi connectivity index (χ0v) is 11.7. The molecule has 0 aromatic heterocycles. The summed E-state index contributed by atoms with van der Waals surface area (Å²) in [7, 11) is 1.69. The highest BCUT2D eigenvalue weighted by atomic mass is 35.7. The third kappa shape index (κ3) is 6.21. The molecule has 0 unspecified atom stereocenters. The molecule has 0 spiro atoms. The van der Waals surface area contributed by atoms with Gasteiger partial charge in [0.25, 0.3) is 0 Å². The first-order chi connectivity index (χ1) is 8.38. The molecule has 1 aromatic rings. The first-order valence-corrected chi connectivity index (χ1v) is 8.17. The van der Waals surface area contributed by atoms with Crippen LogP contribution < -0.4 is 4.74 Å². The molecule has 0 aliphatic rings. The van der Waals surface area contributed by atoms with Crippen LogP contribution in [0.3, 0.4) is 0 Å². The van der Waals surface area contributed by atoms with Gasteiger partial charge in [-0.2, -0.15) is 0 Å². The van der Waals surface area contributed by atoms with Crippen molar-refractivity contribution in [3.8, 4) is 5.75 Å². The van der Waals surface area contributed by atoms with Crippen molar-refractivity contribution in [3.05, 3.63) is 29.6 Å². The standard InChI is InChI=1S/C12H16ClFO3S/c1-10-5-6-11(14)9-12(10)17-7-3-2-4-8-18(13,15)16/h5-6,9H,2-4,7-8H2,1H3. The van der Waals surface area contributed by atoms with Crippen molar-refractivity contribution in [2.24, 2.45) is 0 Å². The highest BCUT2D eigenvalue weighted by Gasteiger charge is 2.04. The zero-order valence-electron chi connectivity index (χ0n) is 10.2. The number of benzene rings is 1. The Kier molecular flexibility index (Phi) is 5.88. The summed E-state index contributed by atoms with van der Waals surface area (Å²) in [5.41, 5.74) is 0.875. The van der Waals surface area contributed by atoms with Crippen LogP contribution in [0.25, 0.3) is 0 Å². The van der Waals surface area contributed by atoms with Crippen molar-refractivity contribution in [1.82, 2.24) is 0 Å². The molecule has 18 heavy (non-hydrogen) atoms. The molecule has 3 nitrogen and oxygen atoms in total. The monoisotopic (exact) mass is 294 g/mol. The van der Waals surface area contributed by atoms with Gasteiger partial charge in [0.05, 0.1) is 12.4 Å². The molecule has 0 aliphatic carbocycles. The summed E-state index contributed by atoms with van der Waals surface area (Å²) in [6.45, 7) is 2.28. The number of hydrogen-bond donors (Lipinski definition) is 0. The molecule has 0 aliphatic heterocycles. The summed E-state index contributed by atoms with van der Waals surface area (Å²) < 4.78 is 39.7. The summed E-state index contributed by atoms with van der Waals surface area (Å²) in [5, 5.41) is 0. The predicted octanol–water partition coefficient (Wildman–Crippen LogP) is 3.25. The number of aryl methyl sites for hydroxylation is 1. The average Bonchev–Trinajstić information content (AvgIpc) is 2.26. The molecule has 0 radical (unpaired) electrons. The highest BCUT2D eigenvalue weighted by Crippen LogP contribution is 2.19. The van der Waals surface area contributed by atoms with Gasteiger partial charge in [-0.1, -0.05) is 6.07 Å². The SMILES string of the molecule is Cc1ccc(F)cc1OCCCCCS(=O)(=O)Cl. The van der Waals surface area contributed by atoms with Gasteiger partial charge in [-0.25, -0.2) is 12.8 Å². The van der Waals surface area contributed by atoms with E-state index >= 15 is 0 Å². The maximum atomic E-state index is 12.9. The minimum atomic E-state index is -3.39. The minimum absolute atomic E-state index is 0.0203. The Morgan fingerprint density at radius 2 is 2.00 bits per heavy atom. The molecule has 0 N–H and O–H groups in total. The molecule has 0 fully saturated rings. The largest absolute Gasteiger partial charge is 0.493 e. The first-order valence-electron chi connectivity index (χ1n) is 5.70. The summed E-state index contributed by atoms with van der Waals surface area (Å²) in [5.74, 6) is 0.178. The van der Waals surface area contributed by atoms with E-state index in [9.17, 15) is 12.8 Å². The second-order valence-corrected chi connectivity index (χ2v) is 6.96. The molecule has 0 saturated carbocycles. The van der Waals surface area contributed by atoms with Gasteiger partial charge in [-0.05, 0) is 37.8 Å². The molecular formula is C12H16ClFO3S. The van der Waals surface area contributed by atoms with Crippen molar-refractivity contribution in [2.75, 3.05) is 12.4 Å². The number of halogens is 2. The molecule has 0 atom stereocenters. The maximum Gasteiger partial charge on any atom is 0.232 e. The van der Waals surface area contributed by atoms with Gasteiger partial charge in [0, 0.05) is 16.7 Å². The molecule has 1 rings (SSSR count). The van der Waals surface area contributed by atoms with Crippen molar-refractivity contribution < 1.29 is 17.5 Å². The van der Waals surface area contributed by atoms with Crippen molar-refractivity contribution in [3.63, 3.8) is 0 Å². The van der Waals surface area contributed by atoms with Crippen molar-refractivity contribution in [1.29, 1.82) is 0 Å². The van der Waals surface area contributed by atoms with Gasteiger partial charge in [-0.15, -0.1) is 0 Å². The summed E-state index contributed by atoms with van der Waals surface area (Å²) in [6, 6.07) is 4.39. The topological polar surface area (TPSA) is 43.4 Å². The Hall–Kier alpha value is -0.810. The normalized spacial score (nSPS) is 11.5. The third-order valence-corrected chi connectivity index (χ3v) is 3.68. The van der Waals surface area contributed by atoms with E-state index in [1.807, 2.05) is 6.92 Å². The van der Waals surface area contributed by atoms with Crippen LogP contribution in [0.1, 0.15) is 24.8 Å². The van der Waals surface area contributed by atoms with Gasteiger partial charge < -0.3 is 4.74 Å². The first kappa shape index (κ1) is 15.2. The van der Waals surface area contributed by atoms with Crippen LogP contribution in [-0.4, -0.2) is 20.8 Å². The van der Waals surface area contributed by atoms with E-state index in [1.54, 1.807) is 6.07 Å². The number of unbranched alkanes of at least 4 members (excludes halogenated alkanes) is 2. The number of hydrogen-bond acceptors (Lipinski definition) is 3. The molecule has 0 heterocycles. The van der Waals surface area contributed by atoms with Gasteiger partial charge in [-0.3, -0.25) is 0 Å². The van der Waals surface area contributed by atoms with Crippen LogP contribution in [0.5, 0.6) is 5.75 Å². The van der Waals surface area contributed by atoms with Crippen LogP contribution in [0.15, 0.2) is 18.2 Å². The van der Waals surface area contributed by atoms with E-state index in [-0.39, 0.29) is 11.6 Å². The fourth-order valence-electron chi connectivity index (χ4n) is 1.46. The summed E-state index contributed by atoms with van der Waals surface area (Å²) >= 11 is 0. The Balaban J connectivity index is 2.24. The van der Waals surface area contributed by atoms with Gasteiger partial charge in [0.1, 0.15) is 11.6 Å². The van der Waals surface area contributed by atoms with E-state index in [4.69, 9.17) is 15.4 Å². The fraction of sp³-hybridized carbons (Fsp3) is 0.500. The second kappa shape index (κ2) is 6.95. The predicted molar refractivity (Wildman–Crippen MR) is 70.1 cm³/mol. The van der Waals surface area contributed by atoms with E-state index in [0.717, 1.165) is 5.56 Å². The van der Waals surface area contributed by atoms with Crippen LogP contribution in [-0.2, 0) is 9.05 Å². The molecule has 102 valence electrons. The number of ether oxygens (including phenoxy) is 1. The Bertz CT molecular complexity index is 488. The van der Waals surface area contributed by atoms with Crippen LogP contribution >= 0.6 is 10.7 Å². The van der Waals surface area contributed by atoms with Crippen molar-refractivity contribution >= 4 is 19.7 Å². The summed E-state index contributed by atoms with van der Waals surface area (Å²) in [6.07, 6.45) is 1.93. The molecular weight excluding hydrogens is 279 g/mol. The van der Waals surface area contributed by atoms with E-state index in [0.29, 0.717) is 31.6 Å². The zero-order chi connectivity index (χ0) is 13.6. The van der Waals surface area contributed by atoms with Crippen LogP contribution in [0, 0.1) is 12.7 Å². The fourth-order valence-corrected chi connectivity index (χ4v) is 2.34. The van der Waals surface area contributed by atoms with Gasteiger partial charge in [0.2, 0.25) is 9.05 Å². The smallest absolute Gasteiger partial charge is 0.232 e. The Morgan fingerprint density at radius 1 is 1.28 bits per heavy atom.